The van der Waals surface area contributed by atoms with Gasteiger partial charge in [-0.2, -0.15) is 13.2 Å². The molecule has 0 saturated carbocycles. The van der Waals surface area contributed by atoms with Crippen molar-refractivity contribution in [3.05, 3.63) is 39.3 Å². The SMILES string of the molecule is CC1CCCN(Cc2ccc(NC(=O)Nc3ncc(Br)s3)cc2C(F)(F)F)CCC1C. The molecule has 31 heavy (non-hydrogen) atoms. The Hall–Kier alpha value is -1.65. The molecular weight excluding hydrogens is 493 g/mol. The van der Waals surface area contributed by atoms with Crippen LogP contribution in [0.2, 0.25) is 0 Å². The van der Waals surface area contributed by atoms with Crippen LogP contribution in [0.4, 0.5) is 28.8 Å². The minimum Gasteiger partial charge on any atom is -0.308 e. The molecule has 2 amide bonds. The fourth-order valence-corrected chi connectivity index (χ4v) is 4.83. The summed E-state index contributed by atoms with van der Waals surface area (Å²) in [5.74, 6) is 1.21. The molecule has 1 fully saturated rings. The molecule has 1 saturated heterocycles. The van der Waals surface area contributed by atoms with Crippen LogP contribution in [0.25, 0.3) is 0 Å². The number of benzene rings is 1. The standard InChI is InChI=1S/C21H26BrF3N4OS/c1-13-4-3-8-29(9-7-14(13)2)12-15-5-6-16(10-17(15)21(23,24)25)27-19(30)28-20-26-11-18(22)31-20/h5-6,10-11,13-14H,3-4,7-9,12H2,1-2H3,(H2,26,27,28,30). The van der Waals surface area contributed by atoms with Gasteiger partial charge in [-0.05, 0) is 77.8 Å². The van der Waals surface area contributed by atoms with Crippen molar-refractivity contribution in [1.29, 1.82) is 0 Å². The number of thiazole rings is 1. The topological polar surface area (TPSA) is 57.3 Å². The number of nitrogens with one attached hydrogen (secondary N) is 2. The van der Waals surface area contributed by atoms with E-state index in [1.807, 2.05) is 0 Å². The summed E-state index contributed by atoms with van der Waals surface area (Å²) in [7, 11) is 0. The Bertz CT molecular complexity index is 905. The second-order valence-corrected chi connectivity index (χ2v) is 10.5. The van der Waals surface area contributed by atoms with Gasteiger partial charge in [0.1, 0.15) is 0 Å². The molecule has 1 aromatic heterocycles. The highest BCUT2D eigenvalue weighted by molar-refractivity contribution is 9.11. The summed E-state index contributed by atoms with van der Waals surface area (Å²) >= 11 is 4.45. The lowest BCUT2D eigenvalue weighted by Gasteiger charge is -2.31. The first-order valence-electron chi connectivity index (χ1n) is 10.2. The maximum absolute atomic E-state index is 13.8. The highest BCUT2D eigenvalue weighted by Gasteiger charge is 2.34. The van der Waals surface area contributed by atoms with Crippen LogP contribution in [0.5, 0.6) is 0 Å². The largest absolute Gasteiger partial charge is 0.416 e. The van der Waals surface area contributed by atoms with Crippen LogP contribution in [0.1, 0.15) is 44.2 Å². The summed E-state index contributed by atoms with van der Waals surface area (Å²) in [6, 6.07) is 3.33. The number of likely N-dealkylation sites (tertiary alicyclic amines) is 1. The molecule has 0 radical (unpaired) electrons. The zero-order valence-corrected chi connectivity index (χ0v) is 19.8. The Labute approximate surface area is 192 Å². The molecule has 170 valence electrons. The molecule has 1 aromatic carbocycles. The predicted molar refractivity (Wildman–Crippen MR) is 121 cm³/mol. The first kappa shape index (κ1) is 24.0. The molecule has 0 spiro atoms. The number of hydrogen-bond acceptors (Lipinski definition) is 4. The monoisotopic (exact) mass is 518 g/mol. The Morgan fingerprint density at radius 1 is 1.23 bits per heavy atom. The summed E-state index contributed by atoms with van der Waals surface area (Å²) < 4.78 is 42.0. The zero-order chi connectivity index (χ0) is 22.6. The average Bonchev–Trinajstić information content (AvgIpc) is 3.09. The predicted octanol–water partition coefficient (Wildman–Crippen LogP) is 6.83. The smallest absolute Gasteiger partial charge is 0.308 e. The van der Waals surface area contributed by atoms with Gasteiger partial charge in [-0.25, -0.2) is 9.78 Å². The number of amides is 2. The van der Waals surface area contributed by atoms with Crippen LogP contribution < -0.4 is 10.6 Å². The van der Waals surface area contributed by atoms with Gasteiger partial charge in [0.15, 0.2) is 5.13 Å². The fourth-order valence-electron chi connectivity index (χ4n) is 3.73. The number of hydrogen-bond donors (Lipinski definition) is 2. The molecule has 0 bridgehead atoms. The molecule has 3 rings (SSSR count). The highest BCUT2D eigenvalue weighted by Crippen LogP contribution is 2.35. The minimum atomic E-state index is -4.51. The van der Waals surface area contributed by atoms with Gasteiger partial charge in [0.25, 0.3) is 0 Å². The Morgan fingerprint density at radius 3 is 2.65 bits per heavy atom. The number of nitrogens with zero attached hydrogens (tertiary/aromatic N) is 2. The van der Waals surface area contributed by atoms with Crippen LogP contribution in [0.15, 0.2) is 28.2 Å². The van der Waals surface area contributed by atoms with Crippen molar-refractivity contribution in [2.45, 2.75) is 45.8 Å². The summed E-state index contributed by atoms with van der Waals surface area (Å²) in [4.78, 5) is 18.2. The molecule has 2 atom stereocenters. The number of halogens is 4. The molecule has 1 aliphatic heterocycles. The summed E-state index contributed by atoms with van der Waals surface area (Å²) in [5, 5.41) is 5.31. The summed E-state index contributed by atoms with van der Waals surface area (Å²) in [6.45, 7) is 6.28. The van der Waals surface area contributed by atoms with E-state index < -0.39 is 17.8 Å². The van der Waals surface area contributed by atoms with Crippen LogP contribution in [-0.4, -0.2) is 29.0 Å². The van der Waals surface area contributed by atoms with E-state index in [0.717, 1.165) is 42.2 Å². The third-order valence-electron chi connectivity index (χ3n) is 5.77. The molecule has 10 heteroatoms. The van der Waals surface area contributed by atoms with Crippen molar-refractivity contribution >= 4 is 44.1 Å². The number of rotatable bonds is 4. The lowest BCUT2D eigenvalue weighted by Crippen LogP contribution is -2.31. The van der Waals surface area contributed by atoms with E-state index in [2.05, 4.69) is 50.3 Å². The van der Waals surface area contributed by atoms with Crippen molar-refractivity contribution in [2.75, 3.05) is 23.7 Å². The van der Waals surface area contributed by atoms with Gasteiger partial charge in [0, 0.05) is 12.2 Å². The van der Waals surface area contributed by atoms with Crippen molar-refractivity contribution in [2.24, 2.45) is 11.8 Å². The quantitative estimate of drug-likeness (QED) is 0.466. The number of aromatic nitrogens is 1. The third kappa shape index (κ3) is 6.92. The average molecular weight is 519 g/mol. The van der Waals surface area contributed by atoms with E-state index >= 15 is 0 Å². The lowest BCUT2D eigenvalue weighted by atomic mass is 9.87. The van der Waals surface area contributed by atoms with Crippen molar-refractivity contribution < 1.29 is 18.0 Å². The van der Waals surface area contributed by atoms with E-state index in [1.54, 1.807) is 0 Å². The van der Waals surface area contributed by atoms with Crippen LogP contribution >= 0.6 is 27.3 Å². The summed E-state index contributed by atoms with van der Waals surface area (Å²) in [5.41, 5.74) is -0.409. The van der Waals surface area contributed by atoms with Crippen LogP contribution in [0.3, 0.4) is 0 Å². The molecule has 0 aliphatic carbocycles. The second-order valence-electron chi connectivity index (χ2n) is 8.08. The van der Waals surface area contributed by atoms with Crippen molar-refractivity contribution in [1.82, 2.24) is 9.88 Å². The Morgan fingerprint density at radius 2 is 1.97 bits per heavy atom. The van der Waals surface area contributed by atoms with Gasteiger partial charge in [0.05, 0.1) is 15.5 Å². The Kier molecular flexibility index (Phi) is 7.98. The first-order valence-corrected chi connectivity index (χ1v) is 11.8. The van der Waals surface area contributed by atoms with Crippen LogP contribution in [0, 0.1) is 11.8 Å². The molecule has 2 aromatic rings. The number of carbonyl (C=O) groups excluding carboxylic acids is 1. The molecule has 2 unspecified atom stereocenters. The summed E-state index contributed by atoms with van der Waals surface area (Å²) in [6.07, 6.45) is 0.0867. The highest BCUT2D eigenvalue weighted by atomic mass is 79.9. The second kappa shape index (κ2) is 10.3. The number of carbonyl (C=O) groups is 1. The van der Waals surface area contributed by atoms with E-state index in [4.69, 9.17) is 0 Å². The van der Waals surface area contributed by atoms with Gasteiger partial charge in [-0.1, -0.05) is 31.3 Å². The van der Waals surface area contributed by atoms with Gasteiger partial charge in [0.2, 0.25) is 0 Å². The molecule has 2 heterocycles. The van der Waals surface area contributed by atoms with E-state index in [0.29, 0.717) is 17.0 Å². The van der Waals surface area contributed by atoms with Gasteiger partial charge in [-0.15, -0.1) is 0 Å². The van der Waals surface area contributed by atoms with Crippen molar-refractivity contribution in [3.63, 3.8) is 0 Å². The van der Waals surface area contributed by atoms with E-state index in [-0.39, 0.29) is 17.8 Å². The van der Waals surface area contributed by atoms with E-state index in [9.17, 15) is 18.0 Å². The first-order chi connectivity index (χ1) is 14.6. The van der Waals surface area contributed by atoms with Gasteiger partial charge in [-0.3, -0.25) is 10.2 Å². The fraction of sp³-hybridized carbons (Fsp3) is 0.524. The van der Waals surface area contributed by atoms with Crippen molar-refractivity contribution in [3.8, 4) is 0 Å². The zero-order valence-electron chi connectivity index (χ0n) is 17.4. The minimum absolute atomic E-state index is 0.0827. The maximum atomic E-state index is 13.8. The normalized spacial score (nSPS) is 20.7. The Balaban J connectivity index is 1.71. The number of urea groups is 1. The number of alkyl halides is 3. The molecule has 5 nitrogen and oxygen atoms in total. The number of anilines is 2. The maximum Gasteiger partial charge on any atom is 0.416 e. The van der Waals surface area contributed by atoms with E-state index in [1.165, 1.54) is 29.7 Å². The van der Waals surface area contributed by atoms with Gasteiger partial charge < -0.3 is 5.32 Å². The lowest BCUT2D eigenvalue weighted by molar-refractivity contribution is -0.138. The third-order valence-corrected chi connectivity index (χ3v) is 7.16. The molecule has 2 N–H and O–H groups in total. The molecule has 1 aliphatic rings. The molecular formula is C21H26BrF3N4OS. The van der Waals surface area contributed by atoms with Crippen LogP contribution in [-0.2, 0) is 12.7 Å². The van der Waals surface area contributed by atoms with Gasteiger partial charge >= 0.3 is 12.2 Å².